The van der Waals surface area contributed by atoms with E-state index in [-0.39, 0.29) is 17.9 Å². The first kappa shape index (κ1) is 21.5. The highest BCUT2D eigenvalue weighted by Crippen LogP contribution is 2.22. The number of rotatable bonds is 8. The van der Waals surface area contributed by atoms with E-state index in [4.69, 9.17) is 4.74 Å². The number of ether oxygens (including phenoxy) is 1. The third-order valence-corrected chi connectivity index (χ3v) is 4.68. The molecular weight excluding hydrogens is 352 g/mol. The third kappa shape index (κ3) is 5.59. The molecule has 2 amide bonds. The number of carbonyl (C=O) groups excluding carboxylic acids is 2. The van der Waals surface area contributed by atoms with Crippen LogP contribution in [0.1, 0.15) is 55.1 Å². The lowest BCUT2D eigenvalue weighted by atomic mass is 10.1. The lowest BCUT2D eigenvalue weighted by molar-refractivity contribution is -0.122. The molecule has 5 nitrogen and oxygen atoms in total. The number of carbonyl (C=O) groups is 2. The zero-order valence-corrected chi connectivity index (χ0v) is 17.3. The number of anilines is 1. The summed E-state index contributed by atoms with van der Waals surface area (Å²) in [4.78, 5) is 25.3. The second-order valence-corrected chi connectivity index (χ2v) is 7.10. The van der Waals surface area contributed by atoms with Gasteiger partial charge in [0.05, 0.1) is 11.3 Å². The van der Waals surface area contributed by atoms with Crippen molar-refractivity contribution in [2.45, 2.75) is 59.6 Å². The fraction of sp³-hybridized carbons (Fsp3) is 0.391. The number of hydrogen-bond acceptors (Lipinski definition) is 3. The highest BCUT2D eigenvalue weighted by atomic mass is 16.5. The minimum Gasteiger partial charge on any atom is -0.480 e. The van der Waals surface area contributed by atoms with E-state index in [1.165, 1.54) is 0 Å². The second-order valence-electron chi connectivity index (χ2n) is 7.10. The van der Waals surface area contributed by atoms with Gasteiger partial charge in [-0.1, -0.05) is 43.7 Å². The molecule has 0 aliphatic heterocycles. The molecule has 0 saturated carbocycles. The van der Waals surface area contributed by atoms with Crippen LogP contribution in [0.25, 0.3) is 0 Å². The van der Waals surface area contributed by atoms with Gasteiger partial charge in [-0.2, -0.15) is 0 Å². The summed E-state index contributed by atoms with van der Waals surface area (Å²) in [5.41, 5.74) is 3.05. The van der Waals surface area contributed by atoms with Gasteiger partial charge in [0.25, 0.3) is 11.8 Å². The molecule has 5 heteroatoms. The van der Waals surface area contributed by atoms with E-state index >= 15 is 0 Å². The van der Waals surface area contributed by atoms with E-state index in [9.17, 15) is 9.59 Å². The fourth-order valence-corrected chi connectivity index (χ4v) is 2.81. The van der Waals surface area contributed by atoms with Crippen LogP contribution in [0.5, 0.6) is 5.75 Å². The Morgan fingerprint density at radius 3 is 2.39 bits per heavy atom. The molecule has 0 saturated heterocycles. The van der Waals surface area contributed by atoms with E-state index in [0.717, 1.165) is 17.5 Å². The summed E-state index contributed by atoms with van der Waals surface area (Å²) in [6, 6.07) is 12.9. The molecule has 0 aromatic heterocycles. The van der Waals surface area contributed by atoms with Gasteiger partial charge in [-0.05, 0) is 57.4 Å². The van der Waals surface area contributed by atoms with E-state index < -0.39 is 6.10 Å². The molecule has 28 heavy (non-hydrogen) atoms. The molecule has 2 aromatic rings. The molecule has 0 heterocycles. The van der Waals surface area contributed by atoms with Gasteiger partial charge in [-0.3, -0.25) is 9.59 Å². The first-order chi connectivity index (χ1) is 13.3. The average molecular weight is 383 g/mol. The molecule has 150 valence electrons. The number of para-hydroxylation sites is 1. The molecule has 0 aliphatic carbocycles. The predicted molar refractivity (Wildman–Crippen MR) is 113 cm³/mol. The van der Waals surface area contributed by atoms with Crippen molar-refractivity contribution in [2.75, 3.05) is 5.32 Å². The van der Waals surface area contributed by atoms with Crippen LogP contribution >= 0.6 is 0 Å². The quantitative estimate of drug-likeness (QED) is 0.699. The zero-order chi connectivity index (χ0) is 20.7. The maximum atomic E-state index is 12.8. The maximum Gasteiger partial charge on any atom is 0.265 e. The van der Waals surface area contributed by atoms with Crippen LogP contribution in [0.4, 0.5) is 5.69 Å². The van der Waals surface area contributed by atoms with Gasteiger partial charge in [0, 0.05) is 6.04 Å². The summed E-state index contributed by atoms with van der Waals surface area (Å²) in [6.45, 7) is 9.83. The molecule has 2 atom stereocenters. The molecule has 0 fully saturated rings. The maximum absolute atomic E-state index is 12.8. The zero-order valence-electron chi connectivity index (χ0n) is 17.3. The molecule has 2 rings (SSSR count). The first-order valence-electron chi connectivity index (χ1n) is 9.80. The van der Waals surface area contributed by atoms with Crippen LogP contribution in [0.15, 0.2) is 42.5 Å². The number of benzene rings is 2. The van der Waals surface area contributed by atoms with Crippen LogP contribution in [0.2, 0.25) is 0 Å². The SMILES string of the molecule is CC[C@H](Oc1ccc(C)cc1C)C(=O)Nc1ccccc1C(=O)N[C@@H](C)CC. The van der Waals surface area contributed by atoms with Crippen molar-refractivity contribution in [1.29, 1.82) is 0 Å². The average Bonchev–Trinajstić information content (AvgIpc) is 2.67. The van der Waals surface area contributed by atoms with E-state index in [1.807, 2.05) is 52.8 Å². The van der Waals surface area contributed by atoms with Gasteiger partial charge in [0.2, 0.25) is 0 Å². The number of nitrogens with one attached hydrogen (secondary N) is 2. The number of amides is 2. The Morgan fingerprint density at radius 2 is 1.75 bits per heavy atom. The van der Waals surface area contributed by atoms with Gasteiger partial charge in [0.1, 0.15) is 5.75 Å². The van der Waals surface area contributed by atoms with Crippen LogP contribution in [-0.2, 0) is 4.79 Å². The van der Waals surface area contributed by atoms with Crippen LogP contribution < -0.4 is 15.4 Å². The fourth-order valence-electron chi connectivity index (χ4n) is 2.81. The van der Waals surface area contributed by atoms with Crippen molar-refractivity contribution in [3.05, 3.63) is 59.2 Å². The molecule has 0 spiro atoms. The Bertz CT molecular complexity index is 832. The monoisotopic (exact) mass is 382 g/mol. The van der Waals surface area contributed by atoms with Crippen LogP contribution in [0.3, 0.4) is 0 Å². The topological polar surface area (TPSA) is 67.4 Å². The van der Waals surface area contributed by atoms with Crippen molar-refractivity contribution < 1.29 is 14.3 Å². The van der Waals surface area contributed by atoms with Crippen molar-refractivity contribution in [1.82, 2.24) is 5.32 Å². The third-order valence-electron chi connectivity index (χ3n) is 4.68. The lowest BCUT2D eigenvalue weighted by Crippen LogP contribution is -2.35. The Hall–Kier alpha value is -2.82. The van der Waals surface area contributed by atoms with Crippen molar-refractivity contribution in [2.24, 2.45) is 0 Å². The summed E-state index contributed by atoms with van der Waals surface area (Å²) in [5.74, 6) is 0.218. The van der Waals surface area contributed by atoms with Crippen molar-refractivity contribution in [3.63, 3.8) is 0 Å². The Labute approximate surface area is 167 Å². The van der Waals surface area contributed by atoms with Crippen LogP contribution in [-0.4, -0.2) is 24.0 Å². The Morgan fingerprint density at radius 1 is 1.04 bits per heavy atom. The Balaban J connectivity index is 2.15. The van der Waals surface area contributed by atoms with Gasteiger partial charge in [0.15, 0.2) is 6.10 Å². The van der Waals surface area contributed by atoms with Crippen molar-refractivity contribution >= 4 is 17.5 Å². The molecule has 0 aliphatic rings. The molecular formula is C23H30N2O3. The molecule has 0 bridgehead atoms. The second kappa shape index (κ2) is 9.93. The molecule has 2 aromatic carbocycles. The van der Waals surface area contributed by atoms with Crippen LogP contribution in [0, 0.1) is 13.8 Å². The van der Waals surface area contributed by atoms with Gasteiger partial charge in [-0.15, -0.1) is 0 Å². The highest BCUT2D eigenvalue weighted by Gasteiger charge is 2.22. The minimum absolute atomic E-state index is 0.0625. The lowest BCUT2D eigenvalue weighted by Gasteiger charge is -2.20. The van der Waals surface area contributed by atoms with Gasteiger partial charge < -0.3 is 15.4 Å². The Kier molecular flexibility index (Phi) is 7.61. The largest absolute Gasteiger partial charge is 0.480 e. The minimum atomic E-state index is -0.646. The first-order valence-corrected chi connectivity index (χ1v) is 9.80. The van der Waals surface area contributed by atoms with Gasteiger partial charge >= 0.3 is 0 Å². The van der Waals surface area contributed by atoms with Crippen molar-refractivity contribution in [3.8, 4) is 5.75 Å². The summed E-state index contributed by atoms with van der Waals surface area (Å²) in [6.07, 6.45) is 0.703. The normalized spacial score (nSPS) is 12.8. The molecule has 2 N–H and O–H groups in total. The summed E-state index contributed by atoms with van der Waals surface area (Å²) in [5, 5.41) is 5.79. The van der Waals surface area contributed by atoms with E-state index in [2.05, 4.69) is 10.6 Å². The summed E-state index contributed by atoms with van der Waals surface area (Å²) in [7, 11) is 0. The summed E-state index contributed by atoms with van der Waals surface area (Å²) < 4.78 is 5.95. The van der Waals surface area contributed by atoms with E-state index in [0.29, 0.717) is 23.4 Å². The number of hydrogen-bond donors (Lipinski definition) is 2. The number of aryl methyl sites for hydroxylation is 2. The molecule has 0 radical (unpaired) electrons. The highest BCUT2D eigenvalue weighted by molar-refractivity contribution is 6.04. The van der Waals surface area contributed by atoms with E-state index in [1.54, 1.807) is 24.3 Å². The standard InChI is InChI=1S/C23H30N2O3/c1-6-17(5)24-22(26)18-10-8-9-11-19(18)25-23(27)20(7-2)28-21-13-12-15(3)14-16(21)4/h8-14,17,20H,6-7H2,1-5H3,(H,24,26)(H,25,27)/t17-,20-/m0/s1. The molecule has 0 unspecified atom stereocenters. The van der Waals surface area contributed by atoms with Gasteiger partial charge in [-0.25, -0.2) is 0 Å². The summed E-state index contributed by atoms with van der Waals surface area (Å²) >= 11 is 0. The predicted octanol–water partition coefficient (Wildman–Crippen LogP) is 4.63. The smallest absolute Gasteiger partial charge is 0.265 e.